The van der Waals surface area contributed by atoms with Crippen molar-refractivity contribution in [3.8, 4) is 0 Å². The van der Waals surface area contributed by atoms with E-state index in [1.165, 1.54) is 0 Å². The Morgan fingerprint density at radius 3 is 1.75 bits per heavy atom. The van der Waals surface area contributed by atoms with Gasteiger partial charge in [-0.1, -0.05) is 0 Å². The summed E-state index contributed by atoms with van der Waals surface area (Å²) in [6.45, 7) is 7.25. The first kappa shape index (κ1) is 22.4. The molecule has 0 saturated heterocycles. The van der Waals surface area contributed by atoms with Crippen LogP contribution < -0.4 is 29.6 Å². The van der Waals surface area contributed by atoms with Gasteiger partial charge in [-0.2, -0.15) is 12.6 Å². The molecule has 0 aliphatic carbocycles. The average Bonchev–Trinajstić information content (AvgIpc) is 2.03. The van der Waals surface area contributed by atoms with E-state index in [-0.39, 0.29) is 47.4 Å². The smallest absolute Gasteiger partial charge is 0.748 e. The number of thiol groups is 1. The van der Waals surface area contributed by atoms with E-state index in [1.54, 1.807) is 0 Å². The van der Waals surface area contributed by atoms with E-state index >= 15 is 0 Å². The summed E-state index contributed by atoms with van der Waals surface area (Å²) in [6, 6.07) is 0. The predicted molar refractivity (Wildman–Crippen MR) is 61.1 cm³/mol. The molecule has 0 N–H and O–H groups in total. The topological polar surface area (TPSA) is 75.7 Å². The van der Waals surface area contributed by atoms with E-state index in [4.69, 9.17) is 9.47 Å². The zero-order valence-electron chi connectivity index (χ0n) is 10.3. The normalized spacial score (nSPS) is 10.4. The third-order valence-corrected chi connectivity index (χ3v) is 2.37. The Kier molecular flexibility index (Phi) is 19.9. The van der Waals surface area contributed by atoms with Crippen LogP contribution in [0.1, 0.15) is 20.8 Å². The molecule has 0 atom stereocenters. The molecule has 0 spiro atoms. The summed E-state index contributed by atoms with van der Waals surface area (Å²) in [5.41, 5.74) is 0. The van der Waals surface area contributed by atoms with Crippen LogP contribution in [0.2, 0.25) is 0 Å². The number of hydrogen-bond acceptors (Lipinski definition) is 6. The SMILES string of the molecule is CCOC(C)OCC.O=S(=O)([O-])CCS.[Na+]. The van der Waals surface area contributed by atoms with Crippen molar-refractivity contribution in [1.82, 2.24) is 0 Å². The van der Waals surface area contributed by atoms with Crippen molar-refractivity contribution in [1.29, 1.82) is 0 Å². The first-order chi connectivity index (χ1) is 6.87. The molecular weight excluding hydrogens is 263 g/mol. The average molecular weight is 282 g/mol. The summed E-state index contributed by atoms with van der Waals surface area (Å²) in [6.07, 6.45) is -0.0370. The van der Waals surface area contributed by atoms with Gasteiger partial charge < -0.3 is 14.0 Å². The molecular formula is C8H19NaO5S2. The first-order valence-electron chi connectivity index (χ1n) is 4.65. The van der Waals surface area contributed by atoms with Gasteiger partial charge in [0.25, 0.3) is 0 Å². The Labute approximate surface area is 126 Å². The Morgan fingerprint density at radius 1 is 1.25 bits per heavy atom. The maximum absolute atomic E-state index is 9.63. The predicted octanol–water partition coefficient (Wildman–Crippen LogP) is -2.13. The van der Waals surface area contributed by atoms with Gasteiger partial charge >= 0.3 is 29.6 Å². The van der Waals surface area contributed by atoms with Gasteiger partial charge in [-0.25, -0.2) is 8.42 Å². The zero-order chi connectivity index (χ0) is 12.3. The largest absolute Gasteiger partial charge is 1.00 e. The Morgan fingerprint density at radius 2 is 1.62 bits per heavy atom. The molecule has 8 heteroatoms. The van der Waals surface area contributed by atoms with Gasteiger partial charge in [0.1, 0.15) is 0 Å². The van der Waals surface area contributed by atoms with E-state index < -0.39 is 10.1 Å². The zero-order valence-corrected chi connectivity index (χ0v) is 14.0. The minimum Gasteiger partial charge on any atom is -0.748 e. The van der Waals surface area contributed by atoms with E-state index in [2.05, 4.69) is 12.6 Å². The van der Waals surface area contributed by atoms with E-state index in [9.17, 15) is 13.0 Å². The second-order valence-corrected chi connectivity index (χ2v) is 4.43. The molecule has 0 aromatic rings. The van der Waals surface area contributed by atoms with Gasteiger partial charge in [-0.3, -0.25) is 0 Å². The van der Waals surface area contributed by atoms with Crippen LogP contribution in [0.15, 0.2) is 0 Å². The van der Waals surface area contributed by atoms with E-state index in [1.807, 2.05) is 20.8 Å². The van der Waals surface area contributed by atoms with Gasteiger partial charge in [0.05, 0.1) is 10.1 Å². The van der Waals surface area contributed by atoms with Crippen LogP contribution in [-0.2, 0) is 19.6 Å². The van der Waals surface area contributed by atoms with Crippen LogP contribution >= 0.6 is 12.6 Å². The van der Waals surface area contributed by atoms with Gasteiger partial charge in [-0.05, 0) is 20.8 Å². The molecule has 0 aliphatic heterocycles. The molecule has 16 heavy (non-hydrogen) atoms. The molecule has 0 rings (SSSR count). The standard InChI is InChI=1S/C6H14O2.C2H6O3S2.Na/c1-4-7-6(3)8-5-2;3-7(4,5)2-1-6;/h6H,4-5H2,1-3H3;6H,1-2H2,(H,3,4,5);/q;;+1/p-1. The Hall–Kier alpha value is 1.18. The van der Waals surface area contributed by atoms with Crippen molar-refractivity contribution in [2.45, 2.75) is 27.1 Å². The van der Waals surface area contributed by atoms with Crippen molar-refractivity contribution < 1.29 is 52.0 Å². The summed E-state index contributed by atoms with van der Waals surface area (Å²) < 4.78 is 39.0. The fourth-order valence-corrected chi connectivity index (χ4v) is 1.52. The molecule has 5 nitrogen and oxygen atoms in total. The van der Waals surface area contributed by atoms with Crippen LogP contribution in [0.25, 0.3) is 0 Å². The number of rotatable bonds is 6. The molecule has 0 aliphatic rings. The summed E-state index contributed by atoms with van der Waals surface area (Å²) in [5, 5.41) is 0. The number of hydrogen-bond donors (Lipinski definition) is 1. The second kappa shape index (κ2) is 14.2. The van der Waals surface area contributed by atoms with Crippen LogP contribution in [0.3, 0.4) is 0 Å². The maximum Gasteiger partial charge on any atom is 1.00 e. The molecule has 0 bridgehead atoms. The van der Waals surface area contributed by atoms with Crippen molar-refractivity contribution in [2.24, 2.45) is 0 Å². The molecule has 94 valence electrons. The Balaban J connectivity index is -0.000000200. The van der Waals surface area contributed by atoms with Crippen LogP contribution in [-0.4, -0.2) is 44.0 Å². The molecule has 0 saturated carbocycles. The maximum atomic E-state index is 9.63. The minimum absolute atomic E-state index is 0. The van der Waals surface area contributed by atoms with Gasteiger partial charge in [0, 0.05) is 24.7 Å². The summed E-state index contributed by atoms with van der Waals surface area (Å²) in [4.78, 5) is 0. The van der Waals surface area contributed by atoms with E-state index in [0.29, 0.717) is 0 Å². The van der Waals surface area contributed by atoms with Crippen molar-refractivity contribution in [3.05, 3.63) is 0 Å². The van der Waals surface area contributed by atoms with Crippen molar-refractivity contribution in [2.75, 3.05) is 24.7 Å². The van der Waals surface area contributed by atoms with Crippen LogP contribution in [0, 0.1) is 0 Å². The molecule has 0 aromatic carbocycles. The fraction of sp³-hybridized carbons (Fsp3) is 1.00. The van der Waals surface area contributed by atoms with Gasteiger partial charge in [-0.15, -0.1) is 0 Å². The van der Waals surface area contributed by atoms with Crippen LogP contribution in [0.4, 0.5) is 0 Å². The summed E-state index contributed by atoms with van der Waals surface area (Å²) in [7, 11) is -4.00. The quantitative estimate of drug-likeness (QED) is 0.261. The Bertz CT molecular complexity index is 214. The van der Waals surface area contributed by atoms with Crippen molar-refractivity contribution in [3.63, 3.8) is 0 Å². The van der Waals surface area contributed by atoms with Gasteiger partial charge in [0.15, 0.2) is 6.29 Å². The van der Waals surface area contributed by atoms with E-state index in [0.717, 1.165) is 13.2 Å². The summed E-state index contributed by atoms with van der Waals surface area (Å²) in [5.74, 6) is -0.276. The molecule has 0 radical (unpaired) electrons. The molecule has 0 aromatic heterocycles. The molecule has 0 heterocycles. The fourth-order valence-electron chi connectivity index (χ4n) is 0.629. The first-order valence-corrected chi connectivity index (χ1v) is 6.86. The second-order valence-electron chi connectivity index (χ2n) is 2.46. The molecule has 0 amide bonds. The van der Waals surface area contributed by atoms with Gasteiger partial charge in [0.2, 0.25) is 0 Å². The monoisotopic (exact) mass is 282 g/mol. The molecule has 0 unspecified atom stereocenters. The molecule has 0 fully saturated rings. The van der Waals surface area contributed by atoms with Crippen molar-refractivity contribution >= 4 is 22.7 Å². The van der Waals surface area contributed by atoms with Crippen LogP contribution in [0.5, 0.6) is 0 Å². The number of ether oxygens (including phenoxy) is 2. The third-order valence-electron chi connectivity index (χ3n) is 1.14. The minimum atomic E-state index is -4.00. The summed E-state index contributed by atoms with van der Waals surface area (Å²) >= 11 is 3.53. The third kappa shape index (κ3) is 24.4.